The van der Waals surface area contributed by atoms with Gasteiger partial charge in [0.1, 0.15) is 5.65 Å². The molecule has 6 rings (SSSR count). The van der Waals surface area contributed by atoms with E-state index in [-0.39, 0.29) is 11.6 Å². The molecule has 2 aliphatic rings. The first-order valence-electron chi connectivity index (χ1n) is 10.9. The van der Waals surface area contributed by atoms with Gasteiger partial charge in [-0.25, -0.2) is 9.67 Å². The Morgan fingerprint density at radius 1 is 1.03 bits per heavy atom. The topological polar surface area (TPSA) is 77.6 Å². The van der Waals surface area contributed by atoms with Gasteiger partial charge in [-0.1, -0.05) is 6.42 Å². The number of fused-ring (bicyclic) bond motifs is 3. The maximum atomic E-state index is 12.9. The van der Waals surface area contributed by atoms with Crippen LogP contribution in [0.5, 0.6) is 0 Å². The average Bonchev–Trinajstić information content (AvgIpc) is 3.53. The summed E-state index contributed by atoms with van der Waals surface area (Å²) in [6.07, 6.45) is 8.52. The maximum absolute atomic E-state index is 12.9. The van der Waals surface area contributed by atoms with Crippen LogP contribution in [0.3, 0.4) is 0 Å². The SMILES string of the molecule is Cc1nc(Nc2ccc(-n3cccn3)cc2)nc2c1ccc(=O)n2C1CC2CCC1C2. The largest absolute Gasteiger partial charge is 0.324 e. The summed E-state index contributed by atoms with van der Waals surface area (Å²) in [4.78, 5) is 22.4. The van der Waals surface area contributed by atoms with Crippen molar-refractivity contribution in [3.63, 3.8) is 0 Å². The molecule has 31 heavy (non-hydrogen) atoms. The highest BCUT2D eigenvalue weighted by Gasteiger charge is 2.41. The second-order valence-corrected chi connectivity index (χ2v) is 8.78. The Balaban J connectivity index is 1.38. The molecule has 3 unspecified atom stereocenters. The van der Waals surface area contributed by atoms with Crippen molar-refractivity contribution in [3.8, 4) is 5.69 Å². The summed E-state index contributed by atoms with van der Waals surface area (Å²) >= 11 is 0. The minimum absolute atomic E-state index is 0.0395. The molecule has 0 aliphatic heterocycles. The number of aryl methyl sites for hydroxylation is 1. The Labute approximate surface area is 179 Å². The lowest BCUT2D eigenvalue weighted by molar-refractivity contribution is 0.329. The second-order valence-electron chi connectivity index (χ2n) is 8.78. The van der Waals surface area contributed by atoms with Gasteiger partial charge in [-0.3, -0.25) is 9.36 Å². The van der Waals surface area contributed by atoms with Gasteiger partial charge in [0, 0.05) is 35.6 Å². The molecule has 2 aliphatic carbocycles. The van der Waals surface area contributed by atoms with Gasteiger partial charge in [0.15, 0.2) is 0 Å². The molecule has 156 valence electrons. The Hall–Kier alpha value is -3.48. The van der Waals surface area contributed by atoms with E-state index in [9.17, 15) is 4.79 Å². The minimum Gasteiger partial charge on any atom is -0.324 e. The van der Waals surface area contributed by atoms with Crippen LogP contribution in [-0.4, -0.2) is 24.3 Å². The molecule has 3 aromatic heterocycles. The third-order valence-electron chi connectivity index (χ3n) is 6.90. The first-order valence-corrected chi connectivity index (χ1v) is 10.9. The number of rotatable bonds is 4. The van der Waals surface area contributed by atoms with Gasteiger partial charge < -0.3 is 5.32 Å². The molecule has 2 saturated carbocycles. The Bertz CT molecular complexity index is 1310. The second kappa shape index (κ2) is 7.04. The number of anilines is 2. The predicted octanol–water partition coefficient (Wildman–Crippen LogP) is 4.39. The molecule has 1 N–H and O–H groups in total. The number of aromatic nitrogens is 5. The average molecular weight is 412 g/mol. The summed E-state index contributed by atoms with van der Waals surface area (Å²) in [5, 5.41) is 8.52. The molecular formula is C24H24N6O. The van der Waals surface area contributed by atoms with Crippen LogP contribution in [0.15, 0.2) is 59.7 Å². The smallest absolute Gasteiger partial charge is 0.252 e. The highest BCUT2D eigenvalue weighted by atomic mass is 16.1. The zero-order valence-corrected chi connectivity index (χ0v) is 17.4. The molecule has 0 spiro atoms. The predicted molar refractivity (Wildman–Crippen MR) is 120 cm³/mol. The Morgan fingerprint density at radius 2 is 1.90 bits per heavy atom. The zero-order chi connectivity index (χ0) is 20.9. The van der Waals surface area contributed by atoms with Crippen LogP contribution in [-0.2, 0) is 0 Å². The summed E-state index contributed by atoms with van der Waals surface area (Å²) in [7, 11) is 0. The van der Waals surface area contributed by atoms with Crippen LogP contribution in [0.25, 0.3) is 16.7 Å². The first kappa shape index (κ1) is 18.3. The van der Waals surface area contributed by atoms with Crippen LogP contribution >= 0.6 is 0 Å². The van der Waals surface area contributed by atoms with Crippen LogP contribution in [0.2, 0.25) is 0 Å². The van der Waals surface area contributed by atoms with Crippen molar-refractivity contribution in [2.24, 2.45) is 11.8 Å². The van der Waals surface area contributed by atoms with E-state index in [0.717, 1.165) is 40.4 Å². The molecule has 0 radical (unpaired) electrons. The summed E-state index contributed by atoms with van der Waals surface area (Å²) in [6, 6.07) is 13.6. The van der Waals surface area contributed by atoms with Gasteiger partial charge in [-0.05, 0) is 74.4 Å². The summed E-state index contributed by atoms with van der Waals surface area (Å²) in [6.45, 7) is 1.98. The first-order chi connectivity index (χ1) is 15.2. The number of nitrogens with one attached hydrogen (secondary N) is 1. The number of nitrogens with zero attached hydrogens (tertiary/aromatic N) is 5. The van der Waals surface area contributed by atoms with Crippen molar-refractivity contribution in [2.75, 3.05) is 5.32 Å². The normalized spacial score (nSPS) is 22.3. The van der Waals surface area contributed by atoms with Crippen molar-refractivity contribution < 1.29 is 0 Å². The fraction of sp³-hybridized carbons (Fsp3) is 0.333. The monoisotopic (exact) mass is 412 g/mol. The molecule has 4 aromatic rings. The van der Waals surface area contributed by atoms with E-state index < -0.39 is 0 Å². The van der Waals surface area contributed by atoms with E-state index in [1.165, 1.54) is 19.3 Å². The van der Waals surface area contributed by atoms with Crippen molar-refractivity contribution in [3.05, 3.63) is 70.9 Å². The van der Waals surface area contributed by atoms with Crippen molar-refractivity contribution in [1.82, 2.24) is 24.3 Å². The van der Waals surface area contributed by atoms with Crippen molar-refractivity contribution in [1.29, 1.82) is 0 Å². The van der Waals surface area contributed by atoms with Crippen molar-refractivity contribution in [2.45, 2.75) is 38.6 Å². The van der Waals surface area contributed by atoms with Crippen LogP contribution in [0.4, 0.5) is 11.6 Å². The van der Waals surface area contributed by atoms with Crippen LogP contribution < -0.4 is 10.9 Å². The van der Waals surface area contributed by atoms with Crippen LogP contribution in [0, 0.1) is 18.8 Å². The van der Waals surface area contributed by atoms with Gasteiger partial charge in [0.25, 0.3) is 5.56 Å². The molecule has 0 amide bonds. The quantitative estimate of drug-likeness (QED) is 0.538. The van der Waals surface area contributed by atoms with Crippen LogP contribution in [0.1, 0.15) is 37.4 Å². The van der Waals surface area contributed by atoms with E-state index in [1.54, 1.807) is 12.3 Å². The van der Waals surface area contributed by atoms with E-state index in [1.807, 2.05) is 58.8 Å². The Kier molecular flexibility index (Phi) is 4.16. The fourth-order valence-corrected chi connectivity index (χ4v) is 5.44. The molecule has 0 saturated heterocycles. The highest BCUT2D eigenvalue weighted by Crippen LogP contribution is 2.50. The van der Waals surface area contributed by atoms with Crippen molar-refractivity contribution >= 4 is 22.7 Å². The van der Waals surface area contributed by atoms with E-state index in [2.05, 4.69) is 15.4 Å². The standard InChI is InChI=1S/C24H24N6O/c1-15-20-9-10-22(31)30(21-14-16-3-4-17(21)13-16)23(20)28-24(26-15)27-18-5-7-19(8-6-18)29-12-2-11-25-29/h2,5-12,16-17,21H,3-4,13-14H2,1H3,(H,26,27,28). The lowest BCUT2D eigenvalue weighted by Gasteiger charge is -2.25. The minimum atomic E-state index is 0.0395. The Morgan fingerprint density at radius 3 is 2.61 bits per heavy atom. The molecule has 2 fully saturated rings. The highest BCUT2D eigenvalue weighted by molar-refractivity contribution is 5.79. The molecule has 2 bridgehead atoms. The third kappa shape index (κ3) is 3.12. The molecule has 1 aromatic carbocycles. The molecule has 7 heteroatoms. The maximum Gasteiger partial charge on any atom is 0.252 e. The molecular weight excluding hydrogens is 388 g/mol. The molecule has 7 nitrogen and oxygen atoms in total. The third-order valence-corrected chi connectivity index (χ3v) is 6.90. The number of pyridine rings is 1. The fourth-order valence-electron chi connectivity index (χ4n) is 5.44. The zero-order valence-electron chi connectivity index (χ0n) is 17.4. The van der Waals surface area contributed by atoms with E-state index in [0.29, 0.717) is 11.9 Å². The number of hydrogen-bond acceptors (Lipinski definition) is 5. The van der Waals surface area contributed by atoms with Gasteiger partial charge in [0.2, 0.25) is 5.95 Å². The van der Waals surface area contributed by atoms with Gasteiger partial charge in [0.05, 0.1) is 11.4 Å². The summed E-state index contributed by atoms with van der Waals surface area (Å²) in [5.41, 5.74) is 3.53. The molecule has 3 heterocycles. The number of benzene rings is 1. The van der Waals surface area contributed by atoms with Gasteiger partial charge in [-0.2, -0.15) is 10.1 Å². The summed E-state index contributed by atoms with van der Waals surface area (Å²) in [5.74, 6) is 1.86. The lowest BCUT2D eigenvalue weighted by Crippen LogP contribution is -2.28. The van der Waals surface area contributed by atoms with E-state index in [4.69, 9.17) is 4.98 Å². The summed E-state index contributed by atoms with van der Waals surface area (Å²) < 4.78 is 3.76. The van der Waals surface area contributed by atoms with Gasteiger partial charge >= 0.3 is 0 Å². The van der Waals surface area contributed by atoms with Gasteiger partial charge in [-0.15, -0.1) is 0 Å². The van der Waals surface area contributed by atoms with E-state index >= 15 is 0 Å². The lowest BCUT2D eigenvalue weighted by atomic mass is 9.95. The number of hydrogen-bond donors (Lipinski definition) is 1. The molecule has 3 atom stereocenters.